The largest absolute Gasteiger partial charge is 0.394 e. The molecule has 1 saturated heterocycles. The van der Waals surface area contributed by atoms with Gasteiger partial charge in [-0.05, 0) is 15.9 Å². The fourth-order valence-corrected chi connectivity index (χ4v) is 2.97. The fourth-order valence-electron chi connectivity index (χ4n) is 2.37. The molecule has 3 rings (SSSR count). The van der Waals surface area contributed by atoms with Crippen molar-refractivity contribution in [3.05, 3.63) is 17.0 Å². The van der Waals surface area contributed by atoms with Crippen molar-refractivity contribution in [1.29, 1.82) is 0 Å². The number of aliphatic hydroxyl groups excluding tert-OH is 3. The highest BCUT2D eigenvalue weighted by atomic mass is 79.9. The Hall–Kier alpha value is -1.26. The average Bonchev–Trinajstić information content (AvgIpc) is 2.90. The molecule has 0 amide bonds. The second-order valence-electron chi connectivity index (χ2n) is 4.57. The third-order valence-electron chi connectivity index (χ3n) is 3.38. The van der Waals surface area contributed by atoms with Gasteiger partial charge in [-0.3, -0.25) is 0 Å². The summed E-state index contributed by atoms with van der Waals surface area (Å²) in [6.07, 6.45) is -1.08. The van der Waals surface area contributed by atoms with Gasteiger partial charge in [-0.2, -0.15) is 0 Å². The van der Waals surface area contributed by atoms with Gasteiger partial charge in [0.1, 0.15) is 36.1 Å². The zero-order valence-electron chi connectivity index (χ0n) is 10.2. The van der Waals surface area contributed by atoms with E-state index in [4.69, 9.17) is 15.6 Å². The molecule has 3 heterocycles. The molecule has 0 aromatic carbocycles. The van der Waals surface area contributed by atoms with Crippen molar-refractivity contribution in [3.63, 3.8) is 0 Å². The molecule has 0 saturated carbocycles. The topological polar surface area (TPSA) is 127 Å². The predicted octanol–water partition coefficient (Wildman–Crippen LogP) is -0.613. The Balaban J connectivity index is 2.10. The summed E-state index contributed by atoms with van der Waals surface area (Å²) in [5, 5.41) is 29.6. The summed E-state index contributed by atoms with van der Waals surface area (Å²) in [6.45, 7) is -0.383. The van der Waals surface area contributed by atoms with Crippen molar-refractivity contribution >= 4 is 32.8 Å². The van der Waals surface area contributed by atoms with E-state index in [1.807, 2.05) is 0 Å². The summed E-state index contributed by atoms with van der Waals surface area (Å²) < 4.78 is 7.69. The van der Waals surface area contributed by atoms with E-state index in [9.17, 15) is 10.2 Å². The molecule has 5 N–H and O–H groups in total. The number of rotatable bonds is 2. The van der Waals surface area contributed by atoms with Crippen LogP contribution in [0.4, 0.5) is 5.82 Å². The summed E-state index contributed by atoms with van der Waals surface area (Å²) in [5.74, 6) is 0.298. The van der Waals surface area contributed by atoms with E-state index in [2.05, 4.69) is 25.9 Å². The van der Waals surface area contributed by atoms with Crippen LogP contribution in [-0.4, -0.2) is 54.8 Å². The van der Waals surface area contributed by atoms with E-state index in [1.54, 1.807) is 10.8 Å². The van der Waals surface area contributed by atoms with Crippen LogP contribution in [0.2, 0.25) is 0 Å². The van der Waals surface area contributed by atoms with E-state index >= 15 is 0 Å². The van der Waals surface area contributed by atoms with Crippen LogP contribution >= 0.6 is 15.9 Å². The third kappa shape index (κ3) is 1.90. The lowest BCUT2D eigenvalue weighted by molar-refractivity contribution is -0.0509. The van der Waals surface area contributed by atoms with Crippen molar-refractivity contribution in [2.75, 3.05) is 12.3 Å². The molecular weight excluding hydrogens is 332 g/mol. The fraction of sp³-hybridized carbons (Fsp3) is 0.455. The zero-order valence-corrected chi connectivity index (χ0v) is 11.8. The first-order valence-electron chi connectivity index (χ1n) is 5.93. The molecule has 20 heavy (non-hydrogen) atoms. The van der Waals surface area contributed by atoms with Crippen LogP contribution in [0.15, 0.2) is 17.0 Å². The lowest BCUT2D eigenvalue weighted by Crippen LogP contribution is -2.33. The number of hydrogen-bond donors (Lipinski definition) is 4. The van der Waals surface area contributed by atoms with E-state index in [0.29, 0.717) is 21.3 Å². The molecule has 1 fully saturated rings. The molecular formula is C11H13BrN4O4. The molecule has 108 valence electrons. The minimum atomic E-state index is -1.18. The first kappa shape index (κ1) is 13.7. The molecule has 1 aliphatic rings. The lowest BCUT2D eigenvalue weighted by atomic mass is 10.1. The van der Waals surface area contributed by atoms with E-state index < -0.39 is 24.5 Å². The number of anilines is 1. The maximum Gasteiger partial charge on any atom is 0.164 e. The zero-order chi connectivity index (χ0) is 14.4. The van der Waals surface area contributed by atoms with Gasteiger partial charge >= 0.3 is 0 Å². The number of aliphatic hydroxyl groups is 3. The second-order valence-corrected chi connectivity index (χ2v) is 5.43. The quantitative estimate of drug-likeness (QED) is 0.572. The Morgan fingerprint density at radius 1 is 1.35 bits per heavy atom. The number of nitrogens with two attached hydrogens (primary N) is 1. The molecule has 1 unspecified atom stereocenters. The molecule has 0 bridgehead atoms. The third-order valence-corrected chi connectivity index (χ3v) is 3.98. The van der Waals surface area contributed by atoms with Crippen LogP contribution in [0.5, 0.6) is 0 Å². The summed E-state index contributed by atoms with van der Waals surface area (Å²) in [5.41, 5.74) is 6.27. The highest BCUT2D eigenvalue weighted by Gasteiger charge is 2.44. The number of ether oxygens (including phenoxy) is 1. The van der Waals surface area contributed by atoms with Crippen molar-refractivity contribution in [2.24, 2.45) is 0 Å². The standard InChI is InChI=1S/C11H13BrN4O4/c12-4-1-16(10-6(4)9(13)14-3-15-10)11-8(19)7(18)5(2-17)20-11/h1,3,5,7-8,11,17-19H,2H2,(H2,13,14,15)/t5-,7+,8?,11-/m1/s1. The maximum absolute atomic E-state index is 10.1. The highest BCUT2D eigenvalue weighted by Crippen LogP contribution is 2.36. The van der Waals surface area contributed by atoms with Crippen molar-refractivity contribution in [1.82, 2.24) is 14.5 Å². The van der Waals surface area contributed by atoms with Gasteiger partial charge in [0.15, 0.2) is 6.23 Å². The minimum absolute atomic E-state index is 0.298. The van der Waals surface area contributed by atoms with Crippen LogP contribution in [0, 0.1) is 0 Å². The monoisotopic (exact) mass is 344 g/mol. The SMILES string of the molecule is Nc1ncnc2c1c(Br)cn2[C@@H]1O[C@H](CO)[C@H](O)C1O. The Labute approximate surface area is 121 Å². The average molecular weight is 345 g/mol. The summed E-state index contributed by atoms with van der Waals surface area (Å²) >= 11 is 3.35. The van der Waals surface area contributed by atoms with Gasteiger partial charge in [-0.15, -0.1) is 0 Å². The summed E-state index contributed by atoms with van der Waals surface area (Å²) in [7, 11) is 0. The van der Waals surface area contributed by atoms with Crippen molar-refractivity contribution in [2.45, 2.75) is 24.5 Å². The number of fused-ring (bicyclic) bond motifs is 1. The molecule has 8 nitrogen and oxygen atoms in total. The van der Waals surface area contributed by atoms with Crippen LogP contribution in [0.1, 0.15) is 6.23 Å². The van der Waals surface area contributed by atoms with Gasteiger partial charge in [0.25, 0.3) is 0 Å². The number of hydrogen-bond acceptors (Lipinski definition) is 7. The van der Waals surface area contributed by atoms with Gasteiger partial charge in [-0.1, -0.05) is 0 Å². The van der Waals surface area contributed by atoms with Gasteiger partial charge in [0.05, 0.1) is 12.0 Å². The van der Waals surface area contributed by atoms with Crippen LogP contribution in [-0.2, 0) is 4.74 Å². The number of nitrogen functional groups attached to an aromatic ring is 1. The molecule has 0 spiro atoms. The van der Waals surface area contributed by atoms with Crippen molar-refractivity contribution < 1.29 is 20.1 Å². The van der Waals surface area contributed by atoms with Crippen LogP contribution in [0.3, 0.4) is 0 Å². The normalized spacial score (nSPS) is 30.2. The second kappa shape index (κ2) is 4.93. The number of aromatic nitrogens is 3. The highest BCUT2D eigenvalue weighted by molar-refractivity contribution is 9.10. The number of halogens is 1. The van der Waals surface area contributed by atoms with E-state index in [1.165, 1.54) is 6.33 Å². The van der Waals surface area contributed by atoms with Crippen LogP contribution in [0.25, 0.3) is 11.0 Å². The molecule has 1 aliphatic heterocycles. The predicted molar refractivity (Wildman–Crippen MR) is 72.6 cm³/mol. The summed E-state index contributed by atoms with van der Waals surface area (Å²) in [4.78, 5) is 8.03. The molecule has 0 radical (unpaired) electrons. The maximum atomic E-state index is 10.1. The first-order chi connectivity index (χ1) is 9.54. The Morgan fingerprint density at radius 3 is 2.75 bits per heavy atom. The lowest BCUT2D eigenvalue weighted by Gasteiger charge is -2.17. The van der Waals surface area contributed by atoms with Gasteiger partial charge in [0.2, 0.25) is 0 Å². The Morgan fingerprint density at radius 2 is 2.10 bits per heavy atom. The molecule has 2 aromatic rings. The Kier molecular flexibility index (Phi) is 3.38. The Bertz CT molecular complexity index is 649. The molecule has 0 aliphatic carbocycles. The number of nitrogens with zero attached hydrogens (tertiary/aromatic N) is 3. The van der Waals surface area contributed by atoms with E-state index in [-0.39, 0.29) is 6.61 Å². The summed E-state index contributed by atoms with van der Waals surface area (Å²) in [6, 6.07) is 0. The van der Waals surface area contributed by atoms with Crippen LogP contribution < -0.4 is 5.73 Å². The molecule has 4 atom stereocenters. The first-order valence-corrected chi connectivity index (χ1v) is 6.73. The molecule has 9 heteroatoms. The molecule has 2 aromatic heterocycles. The van der Waals surface area contributed by atoms with Crippen molar-refractivity contribution in [3.8, 4) is 0 Å². The minimum Gasteiger partial charge on any atom is -0.394 e. The van der Waals surface area contributed by atoms with E-state index in [0.717, 1.165) is 0 Å². The van der Waals surface area contributed by atoms with Gasteiger partial charge in [-0.25, -0.2) is 9.97 Å². The van der Waals surface area contributed by atoms with Gasteiger partial charge < -0.3 is 30.4 Å². The smallest absolute Gasteiger partial charge is 0.164 e. The van der Waals surface area contributed by atoms with Gasteiger partial charge in [0, 0.05) is 10.7 Å².